The summed E-state index contributed by atoms with van der Waals surface area (Å²) >= 11 is 0. The minimum absolute atomic E-state index is 0.0367. The molecule has 0 aromatic heterocycles. The molecule has 0 spiro atoms. The largest absolute Gasteiger partial charge is 0.384 e. The van der Waals surface area contributed by atoms with Crippen molar-refractivity contribution in [3.8, 4) is 11.8 Å². The van der Waals surface area contributed by atoms with E-state index in [1.54, 1.807) is 22.9 Å². The van der Waals surface area contributed by atoms with Crippen molar-refractivity contribution in [2.24, 2.45) is 0 Å². The second-order valence-corrected chi connectivity index (χ2v) is 4.39. The molecule has 0 aliphatic carbocycles. The second kappa shape index (κ2) is 5.72. The maximum atomic E-state index is 13.2. The van der Waals surface area contributed by atoms with Crippen molar-refractivity contribution in [2.75, 3.05) is 26.7 Å². The number of amides is 2. The number of carbonyl (C=O) groups is 1. The summed E-state index contributed by atoms with van der Waals surface area (Å²) in [5.41, 5.74) is 1.29. The number of aliphatic hydroxyl groups is 1. The van der Waals surface area contributed by atoms with E-state index in [9.17, 15) is 9.18 Å². The molecule has 0 bridgehead atoms. The number of urea groups is 1. The average molecular weight is 262 g/mol. The van der Waals surface area contributed by atoms with Crippen LogP contribution in [0.1, 0.15) is 11.1 Å². The van der Waals surface area contributed by atoms with Crippen LogP contribution < -0.4 is 0 Å². The van der Waals surface area contributed by atoms with Crippen LogP contribution in [0.5, 0.6) is 0 Å². The van der Waals surface area contributed by atoms with Crippen molar-refractivity contribution in [3.63, 3.8) is 0 Å². The van der Waals surface area contributed by atoms with E-state index < -0.39 is 0 Å². The Balaban J connectivity index is 2.22. The van der Waals surface area contributed by atoms with Gasteiger partial charge < -0.3 is 14.9 Å². The minimum Gasteiger partial charge on any atom is -0.384 e. The molecule has 1 aliphatic heterocycles. The van der Waals surface area contributed by atoms with Crippen LogP contribution in [0.4, 0.5) is 9.18 Å². The van der Waals surface area contributed by atoms with Gasteiger partial charge in [-0.1, -0.05) is 17.9 Å². The Morgan fingerprint density at radius 1 is 1.42 bits per heavy atom. The van der Waals surface area contributed by atoms with Gasteiger partial charge in [-0.3, -0.25) is 0 Å². The molecular weight excluding hydrogens is 247 g/mol. The Hall–Kier alpha value is -2.06. The molecule has 5 heteroatoms. The van der Waals surface area contributed by atoms with Crippen molar-refractivity contribution in [3.05, 3.63) is 35.1 Å². The third-order valence-corrected chi connectivity index (χ3v) is 3.04. The lowest BCUT2D eigenvalue weighted by molar-refractivity contribution is 0.197. The summed E-state index contributed by atoms with van der Waals surface area (Å²) < 4.78 is 13.2. The summed E-state index contributed by atoms with van der Waals surface area (Å²) in [7, 11) is 1.75. The molecule has 0 saturated carbocycles. The van der Waals surface area contributed by atoms with Crippen molar-refractivity contribution < 1.29 is 14.3 Å². The lowest BCUT2D eigenvalue weighted by atomic mass is 10.1. The Morgan fingerprint density at radius 2 is 2.21 bits per heavy atom. The Labute approximate surface area is 111 Å². The van der Waals surface area contributed by atoms with Crippen LogP contribution >= 0.6 is 0 Å². The maximum Gasteiger partial charge on any atom is 0.320 e. The Kier molecular flexibility index (Phi) is 4.03. The van der Waals surface area contributed by atoms with Gasteiger partial charge in [0.25, 0.3) is 0 Å². The molecule has 100 valence electrons. The number of carbonyl (C=O) groups excluding carboxylic acids is 1. The summed E-state index contributed by atoms with van der Waals surface area (Å²) in [5, 5.41) is 8.71. The number of rotatable bonds is 2. The van der Waals surface area contributed by atoms with E-state index in [0.29, 0.717) is 25.2 Å². The lowest BCUT2D eigenvalue weighted by Gasteiger charge is -2.17. The van der Waals surface area contributed by atoms with Crippen molar-refractivity contribution in [1.29, 1.82) is 0 Å². The van der Waals surface area contributed by atoms with Gasteiger partial charge in [0.15, 0.2) is 0 Å². The van der Waals surface area contributed by atoms with Gasteiger partial charge in [0.1, 0.15) is 12.4 Å². The highest BCUT2D eigenvalue weighted by Crippen LogP contribution is 2.16. The van der Waals surface area contributed by atoms with E-state index in [2.05, 4.69) is 11.8 Å². The first-order valence-corrected chi connectivity index (χ1v) is 6.00. The van der Waals surface area contributed by atoms with Crippen LogP contribution in [0.2, 0.25) is 0 Å². The van der Waals surface area contributed by atoms with Gasteiger partial charge in [0.2, 0.25) is 0 Å². The van der Waals surface area contributed by atoms with E-state index in [0.717, 1.165) is 5.56 Å². The predicted octanol–water partition coefficient (Wildman–Crippen LogP) is 1.04. The number of nitrogens with zero attached hydrogens (tertiary/aromatic N) is 2. The topological polar surface area (TPSA) is 43.8 Å². The fraction of sp³-hybridized carbons (Fsp3) is 0.357. The highest BCUT2D eigenvalue weighted by atomic mass is 19.1. The molecule has 1 saturated heterocycles. The zero-order valence-electron chi connectivity index (χ0n) is 10.7. The zero-order chi connectivity index (χ0) is 13.8. The molecule has 1 aromatic carbocycles. The first kappa shape index (κ1) is 13.4. The van der Waals surface area contributed by atoms with E-state index in [1.807, 2.05) is 0 Å². The molecular formula is C14H15FN2O2. The molecule has 0 radical (unpaired) electrons. The SMILES string of the molecule is CN1CCN(Cc2ccc(F)cc2C#CCO)C1=O. The van der Waals surface area contributed by atoms with Gasteiger partial charge >= 0.3 is 6.03 Å². The normalized spacial score (nSPS) is 14.6. The molecule has 2 amide bonds. The van der Waals surface area contributed by atoms with Gasteiger partial charge in [-0.05, 0) is 17.7 Å². The number of likely N-dealkylation sites (N-methyl/N-ethyl adjacent to an activating group) is 1. The summed E-state index contributed by atoms with van der Waals surface area (Å²) in [6.07, 6.45) is 0. The fourth-order valence-corrected chi connectivity index (χ4v) is 1.99. The fourth-order valence-electron chi connectivity index (χ4n) is 1.99. The van der Waals surface area contributed by atoms with Gasteiger partial charge in [-0.2, -0.15) is 0 Å². The van der Waals surface area contributed by atoms with Crippen molar-refractivity contribution >= 4 is 6.03 Å². The van der Waals surface area contributed by atoms with E-state index in [4.69, 9.17) is 5.11 Å². The molecule has 0 unspecified atom stereocenters. The van der Waals surface area contributed by atoms with E-state index >= 15 is 0 Å². The average Bonchev–Trinajstić information content (AvgIpc) is 2.71. The molecule has 2 rings (SSSR count). The van der Waals surface area contributed by atoms with Crippen LogP contribution in [-0.2, 0) is 6.54 Å². The lowest BCUT2D eigenvalue weighted by Crippen LogP contribution is -2.29. The Bertz CT molecular complexity index is 548. The van der Waals surface area contributed by atoms with Crippen molar-refractivity contribution in [2.45, 2.75) is 6.54 Å². The Morgan fingerprint density at radius 3 is 2.84 bits per heavy atom. The first-order valence-electron chi connectivity index (χ1n) is 6.00. The quantitative estimate of drug-likeness (QED) is 0.809. The first-order chi connectivity index (χ1) is 9.11. The van der Waals surface area contributed by atoms with Crippen LogP contribution in [0.15, 0.2) is 18.2 Å². The second-order valence-electron chi connectivity index (χ2n) is 4.39. The number of aliphatic hydroxyl groups excluding tert-OH is 1. The maximum absolute atomic E-state index is 13.2. The van der Waals surface area contributed by atoms with E-state index in [1.165, 1.54) is 12.1 Å². The third-order valence-electron chi connectivity index (χ3n) is 3.04. The molecule has 1 N–H and O–H groups in total. The molecule has 1 aromatic rings. The molecule has 1 fully saturated rings. The van der Waals surface area contributed by atoms with Crippen LogP contribution in [-0.4, -0.2) is 47.7 Å². The number of benzene rings is 1. The smallest absolute Gasteiger partial charge is 0.320 e. The zero-order valence-corrected chi connectivity index (χ0v) is 10.7. The standard InChI is InChI=1S/C14H15FN2O2/c1-16-6-7-17(14(16)19)10-12-4-5-13(15)9-11(12)3-2-8-18/h4-5,9,18H,6-8,10H2,1H3. The molecule has 1 heterocycles. The van der Waals surface area contributed by atoms with Gasteiger partial charge in [-0.25, -0.2) is 9.18 Å². The van der Waals surface area contributed by atoms with Crippen LogP contribution in [0.3, 0.4) is 0 Å². The molecule has 4 nitrogen and oxygen atoms in total. The highest BCUT2D eigenvalue weighted by molar-refractivity contribution is 5.76. The summed E-state index contributed by atoms with van der Waals surface area (Å²) in [4.78, 5) is 15.1. The van der Waals surface area contributed by atoms with Gasteiger partial charge in [-0.15, -0.1) is 0 Å². The molecule has 1 aliphatic rings. The highest BCUT2D eigenvalue weighted by Gasteiger charge is 2.25. The van der Waals surface area contributed by atoms with Gasteiger partial charge in [0, 0.05) is 32.2 Å². The van der Waals surface area contributed by atoms with Crippen molar-refractivity contribution in [1.82, 2.24) is 9.80 Å². The predicted molar refractivity (Wildman–Crippen MR) is 68.8 cm³/mol. The third kappa shape index (κ3) is 3.04. The number of hydrogen-bond donors (Lipinski definition) is 1. The molecule has 19 heavy (non-hydrogen) atoms. The van der Waals surface area contributed by atoms with Crippen LogP contribution in [0.25, 0.3) is 0 Å². The monoisotopic (exact) mass is 262 g/mol. The number of hydrogen-bond acceptors (Lipinski definition) is 2. The van der Waals surface area contributed by atoms with Crippen LogP contribution in [0, 0.1) is 17.7 Å². The minimum atomic E-state index is -0.379. The molecule has 0 atom stereocenters. The van der Waals surface area contributed by atoms with Gasteiger partial charge in [0.05, 0.1) is 0 Å². The van der Waals surface area contributed by atoms with E-state index in [-0.39, 0.29) is 18.5 Å². The summed E-state index contributed by atoms with van der Waals surface area (Å²) in [6.45, 7) is 1.47. The summed E-state index contributed by atoms with van der Waals surface area (Å²) in [6, 6.07) is 4.26. The summed E-state index contributed by atoms with van der Waals surface area (Å²) in [5.74, 6) is 4.84. The number of halogens is 1.